The molecule has 2 atom stereocenters. The molecular weight excluding hydrogens is 241 g/mol. The molecule has 5 heteroatoms. The van der Waals surface area contributed by atoms with Gasteiger partial charge in [0, 0.05) is 6.54 Å². The van der Waals surface area contributed by atoms with Gasteiger partial charge in [-0.15, -0.1) is 0 Å². The van der Waals surface area contributed by atoms with Crippen LogP contribution in [-0.4, -0.2) is 31.5 Å². The lowest BCUT2D eigenvalue weighted by Crippen LogP contribution is -2.36. The number of alkyl halides is 1. The highest BCUT2D eigenvalue weighted by Crippen LogP contribution is 2.27. The quantitative estimate of drug-likeness (QED) is 0.813. The number of aryl methyl sites for hydroxylation is 1. The number of benzene rings is 1. The Morgan fingerprint density at radius 3 is 2.35 bits per heavy atom. The van der Waals surface area contributed by atoms with Gasteiger partial charge in [0.2, 0.25) is 10.0 Å². The molecular formula is C12H16FNO2S. The molecule has 0 bridgehead atoms. The fourth-order valence-electron chi connectivity index (χ4n) is 2.06. The molecule has 0 radical (unpaired) electrons. The summed E-state index contributed by atoms with van der Waals surface area (Å²) >= 11 is 0. The van der Waals surface area contributed by atoms with Crippen LogP contribution in [0.5, 0.6) is 0 Å². The minimum absolute atomic E-state index is 0.240. The third-order valence-corrected chi connectivity index (χ3v) is 5.23. The minimum Gasteiger partial charge on any atom is -0.246 e. The fraction of sp³-hybridized carbons (Fsp3) is 0.500. The van der Waals surface area contributed by atoms with Crippen LogP contribution < -0.4 is 0 Å². The first-order valence-electron chi connectivity index (χ1n) is 5.65. The molecule has 2 unspecified atom stereocenters. The SMILES string of the molecule is Cc1ccc(S(=O)(=O)N2CCC(F)C2C)cc1. The highest BCUT2D eigenvalue weighted by molar-refractivity contribution is 7.89. The van der Waals surface area contributed by atoms with E-state index in [0.29, 0.717) is 0 Å². The first-order valence-corrected chi connectivity index (χ1v) is 7.09. The number of hydrogen-bond donors (Lipinski definition) is 0. The van der Waals surface area contributed by atoms with Crippen LogP contribution in [0.3, 0.4) is 0 Å². The Kier molecular flexibility index (Phi) is 3.23. The Balaban J connectivity index is 2.34. The Labute approximate surface area is 101 Å². The van der Waals surface area contributed by atoms with Gasteiger partial charge in [0.25, 0.3) is 0 Å². The summed E-state index contributed by atoms with van der Waals surface area (Å²) in [5, 5.41) is 0. The van der Waals surface area contributed by atoms with Crippen LogP contribution in [0.25, 0.3) is 0 Å². The Hall–Kier alpha value is -0.940. The van der Waals surface area contributed by atoms with E-state index >= 15 is 0 Å². The monoisotopic (exact) mass is 257 g/mol. The molecule has 0 saturated carbocycles. The van der Waals surface area contributed by atoms with Gasteiger partial charge >= 0.3 is 0 Å². The molecule has 0 amide bonds. The van der Waals surface area contributed by atoms with E-state index in [4.69, 9.17) is 0 Å². The van der Waals surface area contributed by atoms with Crippen LogP contribution in [0.15, 0.2) is 29.2 Å². The topological polar surface area (TPSA) is 37.4 Å². The maximum absolute atomic E-state index is 13.4. The zero-order valence-corrected chi connectivity index (χ0v) is 10.7. The van der Waals surface area contributed by atoms with Gasteiger partial charge in [0.05, 0.1) is 10.9 Å². The molecule has 1 aromatic carbocycles. The zero-order chi connectivity index (χ0) is 12.6. The summed E-state index contributed by atoms with van der Waals surface area (Å²) in [7, 11) is -3.54. The molecule has 1 aliphatic heterocycles. The van der Waals surface area contributed by atoms with Gasteiger partial charge in [0.1, 0.15) is 6.17 Å². The molecule has 1 aromatic rings. The van der Waals surface area contributed by atoms with Crippen LogP contribution in [0.4, 0.5) is 4.39 Å². The van der Waals surface area contributed by atoms with Crippen LogP contribution in [0, 0.1) is 6.92 Å². The second-order valence-electron chi connectivity index (χ2n) is 4.47. The average Bonchev–Trinajstić information content (AvgIpc) is 2.61. The normalized spacial score (nSPS) is 26.3. The summed E-state index contributed by atoms with van der Waals surface area (Å²) in [5.74, 6) is 0. The van der Waals surface area contributed by atoms with Crippen LogP contribution in [0.2, 0.25) is 0 Å². The van der Waals surface area contributed by atoms with Crippen LogP contribution in [0.1, 0.15) is 18.9 Å². The second-order valence-corrected chi connectivity index (χ2v) is 6.36. The zero-order valence-electron chi connectivity index (χ0n) is 9.93. The van der Waals surface area contributed by atoms with Crippen LogP contribution in [-0.2, 0) is 10.0 Å². The average molecular weight is 257 g/mol. The predicted molar refractivity (Wildman–Crippen MR) is 64.0 cm³/mol. The first-order chi connectivity index (χ1) is 7.93. The Morgan fingerprint density at radius 1 is 1.29 bits per heavy atom. The largest absolute Gasteiger partial charge is 0.246 e. The third-order valence-electron chi connectivity index (χ3n) is 3.23. The highest BCUT2D eigenvalue weighted by atomic mass is 32.2. The summed E-state index contributed by atoms with van der Waals surface area (Å²) in [5.41, 5.74) is 1.00. The van der Waals surface area contributed by atoms with Crippen molar-refractivity contribution in [3.8, 4) is 0 Å². The third kappa shape index (κ3) is 2.21. The number of sulfonamides is 1. The number of halogens is 1. The van der Waals surface area contributed by atoms with Gasteiger partial charge in [-0.3, -0.25) is 0 Å². The molecule has 0 aromatic heterocycles. The first kappa shape index (κ1) is 12.5. The molecule has 17 heavy (non-hydrogen) atoms. The van der Waals surface area contributed by atoms with Crippen molar-refractivity contribution >= 4 is 10.0 Å². The smallest absolute Gasteiger partial charge is 0.243 e. The lowest BCUT2D eigenvalue weighted by Gasteiger charge is -2.21. The fourth-order valence-corrected chi connectivity index (χ4v) is 3.73. The molecule has 1 heterocycles. The van der Waals surface area contributed by atoms with E-state index in [1.165, 1.54) is 4.31 Å². The van der Waals surface area contributed by atoms with Crippen molar-refractivity contribution in [1.29, 1.82) is 0 Å². The van der Waals surface area contributed by atoms with Gasteiger partial charge in [-0.25, -0.2) is 12.8 Å². The molecule has 1 fully saturated rings. The summed E-state index contributed by atoms with van der Waals surface area (Å²) in [6.07, 6.45) is -0.776. The standard InChI is InChI=1S/C12H16FNO2S/c1-9-3-5-11(6-4-9)17(15,16)14-8-7-12(13)10(14)2/h3-6,10,12H,7-8H2,1-2H3. The van der Waals surface area contributed by atoms with Crippen molar-refractivity contribution in [2.24, 2.45) is 0 Å². The van der Waals surface area contributed by atoms with Crippen molar-refractivity contribution in [2.45, 2.75) is 37.4 Å². The van der Waals surface area contributed by atoms with Gasteiger partial charge in [-0.05, 0) is 32.4 Å². The molecule has 0 spiro atoms. The molecule has 0 aliphatic carbocycles. The second kappa shape index (κ2) is 4.38. The van der Waals surface area contributed by atoms with Crippen molar-refractivity contribution in [2.75, 3.05) is 6.54 Å². The van der Waals surface area contributed by atoms with Gasteiger partial charge in [-0.2, -0.15) is 4.31 Å². The van der Waals surface area contributed by atoms with Crippen molar-refractivity contribution in [1.82, 2.24) is 4.31 Å². The van der Waals surface area contributed by atoms with E-state index in [1.54, 1.807) is 31.2 Å². The van der Waals surface area contributed by atoms with E-state index in [0.717, 1.165) is 5.56 Å². The van der Waals surface area contributed by atoms with Gasteiger partial charge in [0.15, 0.2) is 0 Å². The summed E-state index contributed by atoms with van der Waals surface area (Å²) in [6, 6.07) is 6.08. The molecule has 1 aliphatic rings. The van der Waals surface area contributed by atoms with Gasteiger partial charge in [-0.1, -0.05) is 17.7 Å². The lowest BCUT2D eigenvalue weighted by molar-refractivity contribution is 0.274. The Bertz CT molecular complexity index is 498. The molecule has 0 N–H and O–H groups in total. The van der Waals surface area contributed by atoms with E-state index in [1.807, 2.05) is 6.92 Å². The van der Waals surface area contributed by atoms with Crippen molar-refractivity contribution in [3.05, 3.63) is 29.8 Å². The predicted octanol–water partition coefficient (Wildman–Crippen LogP) is 2.12. The van der Waals surface area contributed by atoms with E-state index in [2.05, 4.69) is 0 Å². The van der Waals surface area contributed by atoms with E-state index < -0.39 is 22.2 Å². The maximum Gasteiger partial charge on any atom is 0.243 e. The van der Waals surface area contributed by atoms with Crippen LogP contribution >= 0.6 is 0 Å². The molecule has 94 valence electrons. The summed E-state index contributed by atoms with van der Waals surface area (Å²) < 4.78 is 39.1. The minimum atomic E-state index is -3.54. The number of rotatable bonds is 2. The highest BCUT2D eigenvalue weighted by Gasteiger charge is 2.38. The molecule has 3 nitrogen and oxygen atoms in total. The van der Waals surface area contributed by atoms with Crippen molar-refractivity contribution < 1.29 is 12.8 Å². The van der Waals surface area contributed by atoms with Gasteiger partial charge < -0.3 is 0 Å². The summed E-state index contributed by atoms with van der Waals surface area (Å²) in [6.45, 7) is 3.77. The Morgan fingerprint density at radius 2 is 1.88 bits per heavy atom. The van der Waals surface area contributed by atoms with E-state index in [-0.39, 0.29) is 17.9 Å². The van der Waals surface area contributed by atoms with E-state index in [9.17, 15) is 12.8 Å². The lowest BCUT2D eigenvalue weighted by atomic mass is 10.2. The number of nitrogens with zero attached hydrogens (tertiary/aromatic N) is 1. The van der Waals surface area contributed by atoms with Crippen molar-refractivity contribution in [3.63, 3.8) is 0 Å². The molecule has 2 rings (SSSR count). The molecule has 1 saturated heterocycles. The summed E-state index contributed by atoms with van der Waals surface area (Å²) in [4.78, 5) is 0.240. The maximum atomic E-state index is 13.4. The number of hydrogen-bond acceptors (Lipinski definition) is 2.